The Kier molecular flexibility index (Phi) is 1.87. The summed E-state index contributed by atoms with van der Waals surface area (Å²) in [5.41, 5.74) is -0.255. The molecule has 0 heterocycles. The fourth-order valence-electron chi connectivity index (χ4n) is 0.914. The van der Waals surface area contributed by atoms with Gasteiger partial charge in [0.15, 0.2) is 0 Å². The van der Waals surface area contributed by atoms with Gasteiger partial charge in [0.1, 0.15) is 0 Å². The molecule has 0 bridgehead atoms. The highest BCUT2D eigenvalue weighted by Gasteiger charge is 2.29. The average molecular weight is 192 g/mol. The zero-order chi connectivity index (χ0) is 12.4. The highest BCUT2D eigenvalue weighted by Crippen LogP contribution is 2.28. The molecule has 0 spiro atoms. The molecule has 13 heavy (non-hydrogen) atoms. The first-order valence-electron chi connectivity index (χ1n) is 5.10. The van der Waals surface area contributed by atoms with Gasteiger partial charge in [0.2, 0.25) is 0 Å². The molecule has 0 aliphatic heterocycles. The molecule has 1 aromatic carbocycles. The summed E-state index contributed by atoms with van der Waals surface area (Å²) in [4.78, 5) is 0. The largest absolute Gasteiger partial charge is 0.416 e. The lowest BCUT2D eigenvalue weighted by Gasteiger charge is -2.06. The molecule has 0 aromatic heterocycles. The molecule has 72 valence electrons. The molecule has 0 aliphatic carbocycles. The fraction of sp³-hybridized carbons (Fsp3) is 0.333. The van der Waals surface area contributed by atoms with Crippen molar-refractivity contribution in [3.63, 3.8) is 0 Å². The van der Waals surface area contributed by atoms with E-state index in [0.29, 0.717) is 5.56 Å². The summed E-state index contributed by atoms with van der Waals surface area (Å²) in [5, 5.41) is 2.22. The van der Waals surface area contributed by atoms with Crippen LogP contribution in [0.3, 0.4) is 0 Å². The number of hydrogen-bond acceptors (Lipinski definition) is 1. The number of alkyl halides is 3. The maximum absolute atomic E-state index is 12.2. The molecule has 0 unspecified atom stereocenters. The van der Waals surface area contributed by atoms with Crippen LogP contribution in [0.15, 0.2) is 24.3 Å². The molecular formula is C9H10F3N. The van der Waals surface area contributed by atoms with Crippen molar-refractivity contribution in [3.8, 4) is 0 Å². The second-order valence-electron chi connectivity index (χ2n) is 2.55. The van der Waals surface area contributed by atoms with Crippen LogP contribution >= 0.6 is 0 Å². The Morgan fingerprint density at radius 1 is 1.31 bits per heavy atom. The third-order valence-corrected chi connectivity index (χ3v) is 1.57. The Labute approximate surface area is 78.8 Å². The minimum atomic E-state index is -4.37. The van der Waals surface area contributed by atoms with Gasteiger partial charge >= 0.3 is 6.18 Å². The second-order valence-corrected chi connectivity index (χ2v) is 2.55. The first kappa shape index (κ1) is 6.43. The van der Waals surface area contributed by atoms with Crippen molar-refractivity contribution in [1.82, 2.24) is 5.32 Å². The fourth-order valence-corrected chi connectivity index (χ4v) is 0.914. The Morgan fingerprint density at radius 3 is 2.38 bits per heavy atom. The van der Waals surface area contributed by atoms with Gasteiger partial charge < -0.3 is 5.32 Å². The molecule has 1 aromatic rings. The summed E-state index contributed by atoms with van der Waals surface area (Å²) in [6.45, 7) is -2.28. The van der Waals surface area contributed by atoms with E-state index >= 15 is 0 Å². The molecule has 0 fully saturated rings. The van der Waals surface area contributed by atoms with Crippen molar-refractivity contribution >= 4 is 0 Å². The van der Waals surface area contributed by atoms with E-state index in [1.165, 1.54) is 12.1 Å². The molecule has 0 saturated heterocycles. The zero-order valence-electron chi connectivity index (χ0n) is 9.65. The van der Waals surface area contributed by atoms with Crippen LogP contribution in [0.25, 0.3) is 0 Å². The molecule has 0 aliphatic rings. The number of rotatable bonds is 2. The van der Waals surface area contributed by atoms with Crippen molar-refractivity contribution in [2.75, 3.05) is 6.98 Å². The van der Waals surface area contributed by atoms with E-state index in [9.17, 15) is 13.2 Å². The van der Waals surface area contributed by atoms with Crippen molar-refractivity contribution in [3.05, 3.63) is 35.4 Å². The number of hydrogen-bond donors (Lipinski definition) is 1. The normalized spacial score (nSPS) is 16.1. The van der Waals surface area contributed by atoms with Crippen molar-refractivity contribution in [2.45, 2.75) is 12.7 Å². The van der Waals surface area contributed by atoms with Crippen LogP contribution < -0.4 is 5.32 Å². The van der Waals surface area contributed by atoms with Gasteiger partial charge in [-0.1, -0.05) is 12.1 Å². The molecule has 1 N–H and O–H groups in total. The Balaban J connectivity index is 2.66. The lowest BCUT2D eigenvalue weighted by Crippen LogP contribution is -2.07. The van der Waals surface area contributed by atoms with Gasteiger partial charge in [-0.3, -0.25) is 0 Å². The van der Waals surface area contributed by atoms with Gasteiger partial charge in [-0.25, -0.2) is 0 Å². The Morgan fingerprint density at radius 2 is 1.92 bits per heavy atom. The van der Waals surface area contributed by atoms with Crippen molar-refractivity contribution in [2.24, 2.45) is 0 Å². The van der Waals surface area contributed by atoms with E-state index in [2.05, 4.69) is 5.32 Å². The van der Waals surface area contributed by atoms with Crippen LogP contribution in [-0.4, -0.2) is 6.98 Å². The minimum Gasteiger partial charge on any atom is -0.316 e. The first-order valence-corrected chi connectivity index (χ1v) is 3.60. The summed E-state index contributed by atoms with van der Waals surface area (Å²) < 4.78 is 57.2. The van der Waals surface area contributed by atoms with Crippen molar-refractivity contribution < 1.29 is 17.3 Å². The maximum atomic E-state index is 12.2. The summed E-state index contributed by atoms with van der Waals surface area (Å²) in [6.07, 6.45) is -4.37. The molecule has 0 amide bonds. The number of halogens is 3. The maximum Gasteiger partial charge on any atom is 0.416 e. The number of benzene rings is 1. The monoisotopic (exact) mass is 192 g/mol. The lowest BCUT2D eigenvalue weighted by molar-refractivity contribution is -0.137. The van der Waals surface area contributed by atoms with Crippen LogP contribution in [0, 0.1) is 0 Å². The van der Waals surface area contributed by atoms with Gasteiger partial charge in [0.05, 0.1) is 5.56 Å². The summed E-state index contributed by atoms with van der Waals surface area (Å²) in [5.74, 6) is 0. The molecule has 0 saturated carbocycles. The van der Waals surface area contributed by atoms with Crippen molar-refractivity contribution in [1.29, 1.82) is 0 Å². The average Bonchev–Trinajstić information content (AvgIpc) is 2.13. The Bertz CT molecular complexity index is 343. The predicted molar refractivity (Wildman–Crippen MR) is 44.2 cm³/mol. The molecule has 4 heteroatoms. The van der Waals surface area contributed by atoms with E-state index in [1.54, 1.807) is 0 Å². The zero-order valence-corrected chi connectivity index (χ0v) is 6.65. The lowest BCUT2D eigenvalue weighted by atomic mass is 10.1. The third-order valence-electron chi connectivity index (χ3n) is 1.57. The van der Waals surface area contributed by atoms with E-state index in [1.807, 2.05) is 0 Å². The van der Waals surface area contributed by atoms with E-state index < -0.39 is 18.7 Å². The van der Waals surface area contributed by atoms with Crippen LogP contribution in [0.4, 0.5) is 13.2 Å². The van der Waals surface area contributed by atoms with Gasteiger partial charge in [-0.15, -0.1) is 0 Å². The van der Waals surface area contributed by atoms with Crippen LogP contribution in [-0.2, 0) is 12.7 Å². The smallest absolute Gasteiger partial charge is 0.316 e. The van der Waals surface area contributed by atoms with E-state index in [4.69, 9.17) is 4.11 Å². The summed E-state index contributed by atoms with van der Waals surface area (Å²) >= 11 is 0. The predicted octanol–water partition coefficient (Wildman–Crippen LogP) is 2.42. The van der Waals surface area contributed by atoms with Crippen LogP contribution in [0.1, 0.15) is 15.2 Å². The SMILES string of the molecule is [2H]C([2H])([2H])NCc1ccc(C(F)(F)F)cc1. The molecule has 1 nitrogen and oxygen atoms in total. The molecule has 0 atom stereocenters. The van der Waals surface area contributed by atoms with Gasteiger partial charge in [0, 0.05) is 10.7 Å². The topological polar surface area (TPSA) is 12.0 Å². The first-order chi connectivity index (χ1) is 7.18. The third kappa shape index (κ3) is 2.73. The van der Waals surface area contributed by atoms with Gasteiger partial charge in [0.25, 0.3) is 0 Å². The summed E-state index contributed by atoms with van der Waals surface area (Å²) in [7, 11) is 0. The van der Waals surface area contributed by atoms with Gasteiger partial charge in [-0.2, -0.15) is 13.2 Å². The summed E-state index contributed by atoms with van der Waals surface area (Å²) in [6, 6.07) is 4.36. The standard InChI is InChI=1S/C9H10F3N/c1-13-6-7-2-4-8(5-3-7)9(10,11)12/h2-5,13H,6H2,1H3/i1D3. The highest BCUT2D eigenvalue weighted by atomic mass is 19.4. The van der Waals surface area contributed by atoms with Crippen LogP contribution in [0.5, 0.6) is 0 Å². The second kappa shape index (κ2) is 3.79. The molecule has 0 radical (unpaired) electrons. The van der Waals surface area contributed by atoms with E-state index in [0.717, 1.165) is 12.1 Å². The molecule has 1 rings (SSSR count). The van der Waals surface area contributed by atoms with Crippen LogP contribution in [0.2, 0.25) is 0 Å². The Hall–Kier alpha value is -1.03. The number of nitrogens with one attached hydrogen (secondary N) is 1. The highest BCUT2D eigenvalue weighted by molar-refractivity contribution is 5.24. The minimum absolute atomic E-state index is 0.00857. The quantitative estimate of drug-likeness (QED) is 0.758. The van der Waals surface area contributed by atoms with Gasteiger partial charge in [-0.05, 0) is 24.7 Å². The van der Waals surface area contributed by atoms with E-state index in [-0.39, 0.29) is 6.54 Å². The molecular weight excluding hydrogens is 179 g/mol.